The van der Waals surface area contributed by atoms with Crippen molar-refractivity contribution in [1.29, 1.82) is 0 Å². The van der Waals surface area contributed by atoms with Crippen molar-refractivity contribution < 1.29 is 5.11 Å². The Morgan fingerprint density at radius 1 is 1.12 bits per heavy atom. The molecule has 1 aliphatic heterocycles. The van der Waals surface area contributed by atoms with E-state index in [0.29, 0.717) is 6.42 Å². The van der Waals surface area contributed by atoms with Crippen molar-refractivity contribution in [3.8, 4) is 5.88 Å². The van der Waals surface area contributed by atoms with Gasteiger partial charge in [0.2, 0.25) is 5.88 Å². The van der Waals surface area contributed by atoms with Gasteiger partial charge in [0.1, 0.15) is 5.56 Å². The van der Waals surface area contributed by atoms with E-state index in [4.69, 9.17) is 0 Å². The Hall–Kier alpha value is -2.83. The molecule has 0 aliphatic carbocycles. The van der Waals surface area contributed by atoms with E-state index in [1.807, 2.05) is 35.3 Å². The van der Waals surface area contributed by atoms with E-state index in [9.17, 15) is 14.7 Å². The minimum atomic E-state index is -0.626. The van der Waals surface area contributed by atoms with Gasteiger partial charge in [0.15, 0.2) is 0 Å². The molecule has 0 radical (unpaired) electrons. The number of hydrazone groups is 1. The Morgan fingerprint density at radius 2 is 1.84 bits per heavy atom. The Morgan fingerprint density at radius 3 is 2.56 bits per heavy atom. The van der Waals surface area contributed by atoms with Crippen LogP contribution in [0, 0.1) is 0 Å². The molecule has 3 rings (SSSR count). The number of aromatic nitrogens is 2. The smallest absolute Gasteiger partial charge is 0.331 e. The molecule has 0 bridgehead atoms. The van der Waals surface area contributed by atoms with Crippen molar-refractivity contribution in [3.63, 3.8) is 0 Å². The third-order valence-corrected chi connectivity index (χ3v) is 4.36. The van der Waals surface area contributed by atoms with Crippen LogP contribution in [0.4, 0.5) is 0 Å². The molecule has 2 N–H and O–H groups in total. The van der Waals surface area contributed by atoms with Gasteiger partial charge in [-0.3, -0.25) is 19.4 Å². The minimum Gasteiger partial charge on any atom is -0.494 e. The number of aryl methyl sites for hydroxylation is 1. The van der Waals surface area contributed by atoms with Crippen LogP contribution in [0.3, 0.4) is 0 Å². The number of H-pyrrole nitrogens is 1. The summed E-state index contributed by atoms with van der Waals surface area (Å²) in [5.74, 6) is -0.342. The summed E-state index contributed by atoms with van der Waals surface area (Å²) in [6.45, 7) is 1.95. The van der Waals surface area contributed by atoms with Gasteiger partial charge in [-0.05, 0) is 31.2 Å². The molecule has 2 heterocycles. The maximum Gasteiger partial charge on any atom is 0.331 e. The molecule has 132 valence electrons. The van der Waals surface area contributed by atoms with Crippen LogP contribution in [-0.2, 0) is 13.0 Å². The maximum atomic E-state index is 12.0. The first-order valence-corrected chi connectivity index (χ1v) is 8.54. The average Bonchev–Trinajstić information content (AvgIpc) is 2.63. The highest BCUT2D eigenvalue weighted by Gasteiger charge is 2.14. The van der Waals surface area contributed by atoms with Crippen LogP contribution in [0.15, 0.2) is 45.0 Å². The summed E-state index contributed by atoms with van der Waals surface area (Å²) in [7, 11) is 0. The summed E-state index contributed by atoms with van der Waals surface area (Å²) in [5.41, 5.74) is -0.186. The summed E-state index contributed by atoms with van der Waals surface area (Å²) in [6.07, 6.45) is 5.23. The van der Waals surface area contributed by atoms with E-state index in [1.165, 1.54) is 17.2 Å². The number of benzene rings is 1. The Balaban J connectivity index is 1.82. The van der Waals surface area contributed by atoms with Crippen molar-refractivity contribution in [2.24, 2.45) is 5.10 Å². The number of aromatic amines is 1. The molecule has 0 atom stereocenters. The third-order valence-electron chi connectivity index (χ3n) is 4.36. The SMILES string of the molecule is O=c1[nH]c(=O)n(CCc2ccccc2)c(O)c1/C=N/N1CCCCC1. The summed E-state index contributed by atoms with van der Waals surface area (Å²) in [4.78, 5) is 26.3. The third kappa shape index (κ3) is 4.17. The van der Waals surface area contributed by atoms with E-state index in [1.54, 1.807) is 0 Å². The first kappa shape index (κ1) is 17.0. The molecule has 2 aromatic rings. The molecule has 1 aromatic heterocycles. The molecule has 0 spiro atoms. The van der Waals surface area contributed by atoms with Crippen LogP contribution in [0.25, 0.3) is 0 Å². The normalized spacial score (nSPS) is 15.0. The molecule has 0 saturated carbocycles. The Kier molecular flexibility index (Phi) is 5.33. The standard InChI is InChI=1S/C18H22N4O3/c23-16-15(13-19-21-10-5-2-6-11-21)17(24)22(18(25)20-16)12-9-14-7-3-1-4-8-14/h1,3-4,7-8,13,24H,2,5-6,9-12H2,(H,20,23,25)/b19-13+. The van der Waals surface area contributed by atoms with Gasteiger partial charge in [-0.15, -0.1) is 0 Å². The second kappa shape index (κ2) is 7.83. The molecule has 1 fully saturated rings. The lowest BCUT2D eigenvalue weighted by Crippen LogP contribution is -2.33. The summed E-state index contributed by atoms with van der Waals surface area (Å²) < 4.78 is 1.17. The highest BCUT2D eigenvalue weighted by molar-refractivity contribution is 5.81. The molecule has 25 heavy (non-hydrogen) atoms. The number of piperidine rings is 1. The number of rotatable bonds is 5. The Bertz CT molecular complexity index is 849. The van der Waals surface area contributed by atoms with Gasteiger partial charge in [0.25, 0.3) is 5.56 Å². The second-order valence-electron chi connectivity index (χ2n) is 6.14. The fourth-order valence-corrected chi connectivity index (χ4v) is 2.92. The lowest BCUT2D eigenvalue weighted by molar-refractivity contribution is 0.240. The second-order valence-corrected chi connectivity index (χ2v) is 6.14. The predicted molar refractivity (Wildman–Crippen MR) is 96.2 cm³/mol. The van der Waals surface area contributed by atoms with Crippen molar-refractivity contribution in [3.05, 3.63) is 62.3 Å². The summed E-state index contributed by atoms with van der Waals surface area (Å²) in [5, 5.41) is 16.5. The molecule has 7 heteroatoms. The Labute approximate surface area is 145 Å². The lowest BCUT2D eigenvalue weighted by Gasteiger charge is -2.23. The largest absolute Gasteiger partial charge is 0.494 e. The summed E-state index contributed by atoms with van der Waals surface area (Å²) in [6, 6.07) is 9.66. The maximum absolute atomic E-state index is 12.0. The first-order chi connectivity index (χ1) is 12.1. The highest BCUT2D eigenvalue weighted by atomic mass is 16.3. The quantitative estimate of drug-likeness (QED) is 0.802. The fraction of sp³-hybridized carbons (Fsp3) is 0.389. The van der Waals surface area contributed by atoms with Crippen molar-refractivity contribution in [2.75, 3.05) is 13.1 Å². The minimum absolute atomic E-state index is 0.0123. The molecule has 1 aromatic carbocycles. The zero-order valence-electron chi connectivity index (χ0n) is 14.0. The number of nitrogens with one attached hydrogen (secondary N) is 1. The van der Waals surface area contributed by atoms with Crippen LogP contribution in [0.5, 0.6) is 5.88 Å². The number of nitrogens with zero attached hydrogens (tertiary/aromatic N) is 3. The fourth-order valence-electron chi connectivity index (χ4n) is 2.92. The molecular formula is C18H22N4O3. The molecule has 0 unspecified atom stereocenters. The predicted octanol–water partition coefficient (Wildman–Crippen LogP) is 1.30. The van der Waals surface area contributed by atoms with E-state index in [2.05, 4.69) is 10.1 Å². The molecule has 7 nitrogen and oxygen atoms in total. The van der Waals surface area contributed by atoms with Gasteiger partial charge < -0.3 is 5.11 Å². The zero-order valence-corrected chi connectivity index (χ0v) is 14.0. The molecule has 0 amide bonds. The van der Waals surface area contributed by atoms with Crippen molar-refractivity contribution in [2.45, 2.75) is 32.2 Å². The van der Waals surface area contributed by atoms with E-state index in [0.717, 1.165) is 31.5 Å². The van der Waals surface area contributed by atoms with Crippen LogP contribution in [0.2, 0.25) is 0 Å². The van der Waals surface area contributed by atoms with E-state index < -0.39 is 11.2 Å². The monoisotopic (exact) mass is 342 g/mol. The van der Waals surface area contributed by atoms with Gasteiger partial charge in [0.05, 0.1) is 6.21 Å². The van der Waals surface area contributed by atoms with Crippen LogP contribution < -0.4 is 11.2 Å². The van der Waals surface area contributed by atoms with Crippen LogP contribution in [-0.4, -0.2) is 39.0 Å². The topological polar surface area (TPSA) is 90.7 Å². The highest BCUT2D eigenvalue weighted by Crippen LogP contribution is 2.12. The van der Waals surface area contributed by atoms with Gasteiger partial charge in [0, 0.05) is 19.6 Å². The average molecular weight is 342 g/mol. The molecular weight excluding hydrogens is 320 g/mol. The van der Waals surface area contributed by atoms with Crippen molar-refractivity contribution >= 4 is 6.21 Å². The van der Waals surface area contributed by atoms with Gasteiger partial charge in [-0.2, -0.15) is 5.10 Å². The van der Waals surface area contributed by atoms with Gasteiger partial charge in [-0.25, -0.2) is 4.79 Å². The summed E-state index contributed by atoms with van der Waals surface area (Å²) >= 11 is 0. The van der Waals surface area contributed by atoms with Gasteiger partial charge >= 0.3 is 5.69 Å². The number of hydrogen-bond acceptors (Lipinski definition) is 5. The van der Waals surface area contributed by atoms with E-state index in [-0.39, 0.29) is 18.0 Å². The lowest BCUT2D eigenvalue weighted by atomic mass is 10.1. The first-order valence-electron chi connectivity index (χ1n) is 8.54. The van der Waals surface area contributed by atoms with Crippen LogP contribution in [0.1, 0.15) is 30.4 Å². The van der Waals surface area contributed by atoms with E-state index >= 15 is 0 Å². The number of aromatic hydroxyl groups is 1. The van der Waals surface area contributed by atoms with Gasteiger partial charge in [-0.1, -0.05) is 30.3 Å². The molecule has 1 saturated heterocycles. The van der Waals surface area contributed by atoms with Crippen molar-refractivity contribution in [1.82, 2.24) is 14.6 Å². The molecule has 1 aliphatic rings. The number of hydrogen-bond donors (Lipinski definition) is 2. The van der Waals surface area contributed by atoms with Crippen LogP contribution >= 0.6 is 0 Å². The zero-order chi connectivity index (χ0) is 17.6.